The maximum atomic E-state index is 12.3. The molecule has 1 aromatic rings. The summed E-state index contributed by atoms with van der Waals surface area (Å²) in [6.45, 7) is -5.54. The second-order valence-corrected chi connectivity index (χ2v) is 3.18. The maximum Gasteiger partial charge on any atom is 1.00 e. The third kappa shape index (κ3) is 4.27. The summed E-state index contributed by atoms with van der Waals surface area (Å²) >= 11 is 0. The Morgan fingerprint density at radius 2 is 1.67 bits per heavy atom. The van der Waals surface area contributed by atoms with Crippen LogP contribution in [0, 0.1) is 0 Å². The van der Waals surface area contributed by atoms with Gasteiger partial charge in [0.2, 0.25) is 0 Å². The zero-order valence-corrected chi connectivity index (χ0v) is 12.1. The van der Waals surface area contributed by atoms with Gasteiger partial charge in [-0.25, -0.2) is 4.79 Å². The van der Waals surface area contributed by atoms with Gasteiger partial charge >= 0.3 is 70.5 Å². The molecule has 0 aliphatic carbocycles. The molecule has 0 aromatic heterocycles. The predicted octanol–water partition coefficient (Wildman–Crippen LogP) is -0.538. The van der Waals surface area contributed by atoms with Gasteiger partial charge in [-0.05, 0) is 0 Å². The molecule has 1 N–H and O–H groups in total. The van der Waals surface area contributed by atoms with Crippen molar-refractivity contribution in [1.82, 2.24) is 0 Å². The van der Waals surface area contributed by atoms with Crippen LogP contribution in [0.5, 0.6) is 0 Å². The molecular formula is C8H4BF6KO2. The third-order valence-corrected chi connectivity index (χ3v) is 1.96. The Morgan fingerprint density at radius 3 is 2.00 bits per heavy atom. The first-order valence-electron chi connectivity index (χ1n) is 4.18. The van der Waals surface area contributed by atoms with E-state index in [1.54, 1.807) is 0 Å². The number of benzene rings is 1. The van der Waals surface area contributed by atoms with Gasteiger partial charge in [0, 0.05) is 0 Å². The minimum atomic E-state index is -5.54. The van der Waals surface area contributed by atoms with Crippen LogP contribution in [0.3, 0.4) is 0 Å². The fourth-order valence-corrected chi connectivity index (χ4v) is 1.19. The molecule has 0 saturated carbocycles. The van der Waals surface area contributed by atoms with Crippen molar-refractivity contribution in [3.63, 3.8) is 0 Å². The molecule has 0 spiro atoms. The van der Waals surface area contributed by atoms with Crippen molar-refractivity contribution < 1.29 is 87.4 Å². The molecule has 0 saturated heterocycles. The van der Waals surface area contributed by atoms with E-state index in [9.17, 15) is 30.9 Å². The van der Waals surface area contributed by atoms with E-state index in [4.69, 9.17) is 5.11 Å². The molecule has 0 amide bonds. The predicted molar refractivity (Wildman–Crippen MR) is 47.1 cm³/mol. The normalized spacial score (nSPS) is 11.9. The second kappa shape index (κ2) is 5.95. The summed E-state index contributed by atoms with van der Waals surface area (Å²) in [5, 5.41) is 8.46. The first kappa shape index (κ1) is 18.0. The molecule has 0 aliphatic rings. The minimum absolute atomic E-state index is 0. The van der Waals surface area contributed by atoms with Crippen LogP contribution in [0.2, 0.25) is 0 Å². The Morgan fingerprint density at radius 1 is 1.17 bits per heavy atom. The van der Waals surface area contributed by atoms with Crippen LogP contribution in [0.1, 0.15) is 15.9 Å². The monoisotopic (exact) mass is 296 g/mol. The van der Waals surface area contributed by atoms with Crippen LogP contribution in [0.25, 0.3) is 0 Å². The summed E-state index contributed by atoms with van der Waals surface area (Å²) in [7, 11) is 0. The molecule has 0 atom stereocenters. The summed E-state index contributed by atoms with van der Waals surface area (Å²) in [6.07, 6.45) is -5.01. The van der Waals surface area contributed by atoms with Crippen molar-refractivity contribution >= 4 is 18.4 Å². The average molecular weight is 296 g/mol. The van der Waals surface area contributed by atoms with Crippen LogP contribution in [0.4, 0.5) is 26.1 Å². The molecule has 0 radical (unpaired) electrons. The van der Waals surface area contributed by atoms with Crippen LogP contribution in [-0.2, 0) is 6.18 Å². The first-order chi connectivity index (χ1) is 7.53. The van der Waals surface area contributed by atoms with Gasteiger partial charge in [0.1, 0.15) is 0 Å². The van der Waals surface area contributed by atoms with Gasteiger partial charge in [0.25, 0.3) is 0 Å². The Kier molecular flexibility index (Phi) is 5.94. The van der Waals surface area contributed by atoms with Crippen LogP contribution < -0.4 is 56.8 Å². The summed E-state index contributed by atoms with van der Waals surface area (Å²) < 4.78 is 73.6. The third-order valence-electron chi connectivity index (χ3n) is 1.96. The van der Waals surface area contributed by atoms with Gasteiger partial charge in [-0.2, -0.15) is 13.2 Å². The number of carbonyl (C=O) groups is 1. The molecule has 0 fully saturated rings. The molecule has 0 bridgehead atoms. The van der Waals surface area contributed by atoms with Gasteiger partial charge < -0.3 is 18.1 Å². The Balaban J connectivity index is 0.00000289. The van der Waals surface area contributed by atoms with Crippen molar-refractivity contribution in [2.24, 2.45) is 0 Å². The number of carboxylic acids is 1. The molecule has 10 heteroatoms. The molecule has 94 valence electrons. The maximum absolute atomic E-state index is 12.3. The van der Waals surface area contributed by atoms with Crippen molar-refractivity contribution in [2.75, 3.05) is 0 Å². The van der Waals surface area contributed by atoms with Crippen LogP contribution in [0.15, 0.2) is 18.2 Å². The molecule has 0 unspecified atom stereocenters. The van der Waals surface area contributed by atoms with Gasteiger partial charge in [0.15, 0.2) is 0 Å². The van der Waals surface area contributed by atoms with E-state index in [1.807, 2.05) is 0 Å². The molecular weight excluding hydrogens is 292 g/mol. The number of alkyl halides is 3. The molecule has 0 heterocycles. The molecule has 2 nitrogen and oxygen atoms in total. The summed E-state index contributed by atoms with van der Waals surface area (Å²) in [6, 6.07) is 0.328. The van der Waals surface area contributed by atoms with E-state index >= 15 is 0 Å². The number of hydrogen-bond acceptors (Lipinski definition) is 1. The van der Waals surface area contributed by atoms with Crippen molar-refractivity contribution in [1.29, 1.82) is 0 Å². The zero-order valence-electron chi connectivity index (χ0n) is 8.93. The molecule has 1 rings (SSSR count). The number of hydrogen-bond donors (Lipinski definition) is 1. The standard InChI is InChI=1S/C8H4BF6O2.K/c10-8(11,12)6-2-1-4(9(13,14)15)3-5(6)7(16)17;/h1-3H,(H,16,17);/q-1;+1. The smallest absolute Gasteiger partial charge is 0.478 e. The zero-order chi connectivity index (χ0) is 13.4. The van der Waals surface area contributed by atoms with E-state index in [1.165, 1.54) is 0 Å². The number of carboxylic acid groups (broad SMARTS) is 1. The van der Waals surface area contributed by atoms with Gasteiger partial charge in [0.05, 0.1) is 11.1 Å². The largest absolute Gasteiger partial charge is 1.00 e. The van der Waals surface area contributed by atoms with E-state index in [-0.39, 0.29) is 69.6 Å². The fourth-order valence-electron chi connectivity index (χ4n) is 1.19. The number of aromatic carboxylic acids is 1. The minimum Gasteiger partial charge on any atom is -0.478 e. The number of rotatable bonds is 2. The summed E-state index contributed by atoms with van der Waals surface area (Å²) in [5.74, 6) is -2.06. The SMILES string of the molecule is O=C(O)c1cc([B-](F)(F)F)ccc1C(F)(F)F.[K+]. The van der Waals surface area contributed by atoms with Crippen LogP contribution >= 0.6 is 0 Å². The second-order valence-electron chi connectivity index (χ2n) is 3.18. The van der Waals surface area contributed by atoms with Crippen LogP contribution in [-0.4, -0.2) is 18.1 Å². The fraction of sp³-hybridized carbons (Fsp3) is 0.125. The van der Waals surface area contributed by atoms with Crippen molar-refractivity contribution in [3.05, 3.63) is 29.3 Å². The quantitative estimate of drug-likeness (QED) is 0.588. The first-order valence-corrected chi connectivity index (χ1v) is 4.18. The van der Waals surface area contributed by atoms with Crippen molar-refractivity contribution in [3.8, 4) is 0 Å². The summed E-state index contributed by atoms with van der Waals surface area (Å²) in [5.41, 5.74) is -4.39. The van der Waals surface area contributed by atoms with Gasteiger partial charge in [-0.15, -0.1) is 5.46 Å². The molecule has 1 aromatic carbocycles. The van der Waals surface area contributed by atoms with E-state index in [0.717, 1.165) is 0 Å². The Bertz CT molecular complexity index is 456. The molecule has 18 heavy (non-hydrogen) atoms. The van der Waals surface area contributed by atoms with Gasteiger partial charge in [-0.1, -0.05) is 18.2 Å². The molecule has 0 aliphatic heterocycles. The van der Waals surface area contributed by atoms with E-state index in [0.29, 0.717) is 0 Å². The topological polar surface area (TPSA) is 37.3 Å². The van der Waals surface area contributed by atoms with Crippen molar-refractivity contribution in [2.45, 2.75) is 6.18 Å². The van der Waals surface area contributed by atoms with E-state index in [2.05, 4.69) is 0 Å². The van der Waals surface area contributed by atoms with E-state index < -0.39 is 35.7 Å². The Hall–Kier alpha value is -0.0287. The summed E-state index contributed by atoms with van der Waals surface area (Å²) in [4.78, 5) is 10.5. The van der Waals surface area contributed by atoms with Gasteiger partial charge in [-0.3, -0.25) is 0 Å². The number of halogens is 6. The Labute approximate surface area is 140 Å². The average Bonchev–Trinajstić information content (AvgIpc) is 2.14.